The summed E-state index contributed by atoms with van der Waals surface area (Å²) in [6, 6.07) is 7.20. The number of carbonyl (C=O) groups is 2. The Morgan fingerprint density at radius 2 is 1.86 bits per heavy atom. The van der Waals surface area contributed by atoms with E-state index in [0.717, 1.165) is 12.0 Å². The fraction of sp³-hybridized carbons (Fsp3) is 0.500. The Bertz CT molecular complexity index is 469. The molecule has 0 aliphatic heterocycles. The summed E-state index contributed by atoms with van der Waals surface area (Å²) in [4.78, 5) is 23.1. The molecule has 0 saturated carbocycles. The maximum absolute atomic E-state index is 12.0. The molecule has 0 heterocycles. The summed E-state index contributed by atoms with van der Waals surface area (Å²) in [6.45, 7) is 4.65. The predicted molar refractivity (Wildman–Crippen MR) is 82.1 cm³/mol. The fourth-order valence-corrected chi connectivity index (χ4v) is 2.15. The smallest absolute Gasteiger partial charge is 0.308 e. The number of nitrogens with two attached hydrogens (primary N) is 1. The lowest BCUT2D eigenvalue weighted by Gasteiger charge is -2.15. The third-order valence-electron chi connectivity index (χ3n) is 3.26. The van der Waals surface area contributed by atoms with Crippen molar-refractivity contribution < 1.29 is 14.7 Å². The summed E-state index contributed by atoms with van der Waals surface area (Å²) in [5, 5.41) is 11.8. The van der Waals surface area contributed by atoms with Gasteiger partial charge in [-0.05, 0) is 43.0 Å². The van der Waals surface area contributed by atoms with Gasteiger partial charge in [0.15, 0.2) is 0 Å². The van der Waals surface area contributed by atoms with Gasteiger partial charge in [0.25, 0.3) is 5.91 Å². The highest BCUT2D eigenvalue weighted by Crippen LogP contribution is 2.11. The first kappa shape index (κ1) is 17.2. The lowest BCUT2D eigenvalue weighted by Crippen LogP contribution is -2.33. The molecular weight excluding hydrogens is 268 g/mol. The monoisotopic (exact) mass is 292 g/mol. The van der Waals surface area contributed by atoms with Gasteiger partial charge in [0.2, 0.25) is 0 Å². The predicted octanol–water partition coefficient (Wildman–Crippen LogP) is 1.66. The lowest BCUT2D eigenvalue weighted by molar-refractivity contribution is -0.142. The molecule has 0 radical (unpaired) electrons. The zero-order chi connectivity index (χ0) is 15.8. The van der Waals surface area contributed by atoms with Crippen LogP contribution in [-0.2, 0) is 11.2 Å². The summed E-state index contributed by atoms with van der Waals surface area (Å²) in [7, 11) is 0. The number of rotatable bonds is 8. The van der Waals surface area contributed by atoms with Gasteiger partial charge < -0.3 is 16.2 Å². The molecule has 5 heteroatoms. The van der Waals surface area contributed by atoms with E-state index in [-0.39, 0.29) is 18.4 Å². The minimum atomic E-state index is -0.873. The van der Waals surface area contributed by atoms with Gasteiger partial charge in [0.05, 0.1) is 5.92 Å². The number of benzene rings is 1. The van der Waals surface area contributed by atoms with Crippen LogP contribution in [0.2, 0.25) is 0 Å². The highest BCUT2D eigenvalue weighted by molar-refractivity contribution is 5.94. The van der Waals surface area contributed by atoms with Crippen LogP contribution in [0, 0.1) is 11.8 Å². The molecular formula is C16H24N2O3. The molecule has 0 bridgehead atoms. The standard InChI is InChI=1S/C16H24N2O3/c1-11(2)9-14(16(20)21)10-18-15(19)13-5-3-12(4-6-13)7-8-17/h3-6,11,14H,7-10,17H2,1-2H3,(H,18,19)(H,20,21). The molecule has 116 valence electrons. The molecule has 0 spiro atoms. The molecule has 1 unspecified atom stereocenters. The van der Waals surface area contributed by atoms with Crippen molar-refractivity contribution in [3.05, 3.63) is 35.4 Å². The average molecular weight is 292 g/mol. The number of aliphatic carboxylic acids is 1. The first-order chi connectivity index (χ1) is 9.93. The van der Waals surface area contributed by atoms with Crippen molar-refractivity contribution >= 4 is 11.9 Å². The Morgan fingerprint density at radius 1 is 1.24 bits per heavy atom. The van der Waals surface area contributed by atoms with Crippen molar-refractivity contribution in [1.82, 2.24) is 5.32 Å². The molecule has 0 fully saturated rings. The number of hydrogen-bond donors (Lipinski definition) is 3. The molecule has 0 saturated heterocycles. The van der Waals surface area contributed by atoms with Gasteiger partial charge in [-0.3, -0.25) is 9.59 Å². The Hall–Kier alpha value is -1.88. The first-order valence-corrected chi connectivity index (χ1v) is 7.24. The van der Waals surface area contributed by atoms with Crippen LogP contribution in [-0.4, -0.2) is 30.1 Å². The quantitative estimate of drug-likeness (QED) is 0.679. The molecule has 4 N–H and O–H groups in total. The SMILES string of the molecule is CC(C)CC(CNC(=O)c1ccc(CCN)cc1)C(=O)O. The molecule has 1 rings (SSSR count). The van der Waals surface area contributed by atoms with Crippen molar-refractivity contribution in [2.75, 3.05) is 13.1 Å². The van der Waals surface area contributed by atoms with Gasteiger partial charge in [0, 0.05) is 12.1 Å². The van der Waals surface area contributed by atoms with E-state index in [1.54, 1.807) is 12.1 Å². The van der Waals surface area contributed by atoms with E-state index in [1.807, 2.05) is 26.0 Å². The Balaban J connectivity index is 2.57. The molecule has 1 aromatic carbocycles. The van der Waals surface area contributed by atoms with Crippen molar-refractivity contribution in [2.24, 2.45) is 17.6 Å². The maximum Gasteiger partial charge on any atom is 0.308 e. The zero-order valence-electron chi connectivity index (χ0n) is 12.6. The second-order valence-electron chi connectivity index (χ2n) is 5.61. The van der Waals surface area contributed by atoms with Crippen molar-refractivity contribution in [2.45, 2.75) is 26.7 Å². The highest BCUT2D eigenvalue weighted by Gasteiger charge is 2.19. The minimum Gasteiger partial charge on any atom is -0.481 e. The number of nitrogens with one attached hydrogen (secondary N) is 1. The number of carboxylic acids is 1. The summed E-state index contributed by atoms with van der Waals surface area (Å²) < 4.78 is 0. The molecule has 0 aliphatic rings. The van der Waals surface area contributed by atoms with Crippen LogP contribution in [0.4, 0.5) is 0 Å². The number of hydrogen-bond acceptors (Lipinski definition) is 3. The van der Waals surface area contributed by atoms with Crippen molar-refractivity contribution in [3.63, 3.8) is 0 Å². The van der Waals surface area contributed by atoms with Crippen molar-refractivity contribution in [1.29, 1.82) is 0 Å². The van der Waals surface area contributed by atoms with Gasteiger partial charge >= 0.3 is 5.97 Å². The topological polar surface area (TPSA) is 92.4 Å². The first-order valence-electron chi connectivity index (χ1n) is 7.24. The lowest BCUT2D eigenvalue weighted by atomic mass is 9.97. The maximum atomic E-state index is 12.0. The van der Waals surface area contributed by atoms with Gasteiger partial charge in [-0.15, -0.1) is 0 Å². The zero-order valence-corrected chi connectivity index (χ0v) is 12.6. The van der Waals surface area contributed by atoms with Crippen LogP contribution in [0.1, 0.15) is 36.2 Å². The van der Waals surface area contributed by atoms with Crippen LogP contribution < -0.4 is 11.1 Å². The molecule has 5 nitrogen and oxygen atoms in total. The number of amides is 1. The Kier molecular flexibility index (Phi) is 6.88. The normalized spacial score (nSPS) is 12.2. The summed E-state index contributed by atoms with van der Waals surface area (Å²) in [5.74, 6) is -1.39. The largest absolute Gasteiger partial charge is 0.481 e. The molecule has 0 aromatic heterocycles. The van der Waals surface area contributed by atoms with E-state index in [9.17, 15) is 9.59 Å². The van der Waals surface area contributed by atoms with E-state index in [1.165, 1.54) is 0 Å². The molecule has 1 amide bonds. The number of carbonyl (C=O) groups excluding carboxylic acids is 1. The van der Waals surface area contributed by atoms with E-state index in [2.05, 4.69) is 5.32 Å². The Morgan fingerprint density at radius 3 is 2.33 bits per heavy atom. The number of carboxylic acid groups (broad SMARTS) is 1. The molecule has 21 heavy (non-hydrogen) atoms. The fourth-order valence-electron chi connectivity index (χ4n) is 2.15. The average Bonchev–Trinajstić information content (AvgIpc) is 2.43. The highest BCUT2D eigenvalue weighted by atomic mass is 16.4. The van der Waals surface area contributed by atoms with E-state index < -0.39 is 11.9 Å². The molecule has 1 atom stereocenters. The summed E-state index contributed by atoms with van der Waals surface area (Å²) in [6.07, 6.45) is 1.32. The van der Waals surface area contributed by atoms with Gasteiger partial charge in [-0.1, -0.05) is 26.0 Å². The van der Waals surface area contributed by atoms with Gasteiger partial charge in [-0.2, -0.15) is 0 Å². The van der Waals surface area contributed by atoms with Crippen LogP contribution in [0.5, 0.6) is 0 Å². The van der Waals surface area contributed by atoms with E-state index in [4.69, 9.17) is 10.8 Å². The Labute approximate surface area is 125 Å². The van der Waals surface area contributed by atoms with Gasteiger partial charge in [0.1, 0.15) is 0 Å². The second-order valence-corrected chi connectivity index (χ2v) is 5.61. The third-order valence-corrected chi connectivity index (χ3v) is 3.26. The molecule has 1 aromatic rings. The van der Waals surface area contributed by atoms with Crippen molar-refractivity contribution in [3.8, 4) is 0 Å². The van der Waals surface area contributed by atoms with E-state index >= 15 is 0 Å². The van der Waals surface area contributed by atoms with Crippen LogP contribution in [0.25, 0.3) is 0 Å². The van der Waals surface area contributed by atoms with Gasteiger partial charge in [-0.25, -0.2) is 0 Å². The van der Waals surface area contributed by atoms with Crippen LogP contribution in [0.3, 0.4) is 0 Å². The van der Waals surface area contributed by atoms with Crippen LogP contribution >= 0.6 is 0 Å². The summed E-state index contributed by atoms with van der Waals surface area (Å²) in [5.41, 5.74) is 7.09. The summed E-state index contributed by atoms with van der Waals surface area (Å²) >= 11 is 0. The molecule has 0 aliphatic carbocycles. The minimum absolute atomic E-state index is 0.150. The van der Waals surface area contributed by atoms with Crippen LogP contribution in [0.15, 0.2) is 24.3 Å². The van der Waals surface area contributed by atoms with E-state index in [0.29, 0.717) is 18.5 Å². The second kappa shape index (κ2) is 8.42. The third kappa shape index (κ3) is 5.95.